The van der Waals surface area contributed by atoms with E-state index in [9.17, 15) is 4.79 Å². The van der Waals surface area contributed by atoms with Crippen LogP contribution in [0.1, 0.15) is 23.2 Å². The monoisotopic (exact) mass is 417 g/mol. The van der Waals surface area contributed by atoms with Crippen molar-refractivity contribution in [3.63, 3.8) is 0 Å². The minimum absolute atomic E-state index is 0.161. The molecule has 1 N–H and O–H groups in total. The van der Waals surface area contributed by atoms with Crippen molar-refractivity contribution in [2.45, 2.75) is 26.4 Å². The molecule has 0 radical (unpaired) electrons. The molecule has 146 valence electrons. The smallest absolute Gasteiger partial charge is 0.244 e. The Balaban J connectivity index is 1.54. The van der Waals surface area contributed by atoms with Gasteiger partial charge in [0, 0.05) is 42.1 Å². The van der Waals surface area contributed by atoms with E-state index >= 15 is 0 Å². The topological polar surface area (TPSA) is 64.7 Å². The fraction of sp³-hybridized carbons (Fsp3) is 0.250. The Bertz CT molecular complexity index is 946. The lowest BCUT2D eigenvalue weighted by Gasteiger charge is -2.04. The number of hydrogen-bond acceptors (Lipinski definition) is 3. The van der Waals surface area contributed by atoms with Gasteiger partial charge in [0.1, 0.15) is 5.15 Å². The number of nitrogens with one attached hydrogen (secondary N) is 1. The standard InChI is InChI=1S/C20H21Cl2N5O/c1-15-18(7-8-19(28)24-9-2-11-26-12-10-23-14-26)20(22)27(25-15)13-16-3-5-17(21)6-4-16/h3-8,10,12,14H,2,9,11,13H2,1H3,(H,24,28). The fourth-order valence-electron chi connectivity index (χ4n) is 2.73. The summed E-state index contributed by atoms with van der Waals surface area (Å²) in [5.74, 6) is -0.161. The predicted molar refractivity (Wildman–Crippen MR) is 111 cm³/mol. The molecule has 8 heteroatoms. The Morgan fingerprint density at radius 3 is 2.75 bits per heavy atom. The molecule has 28 heavy (non-hydrogen) atoms. The number of imidazole rings is 1. The number of halogens is 2. The summed E-state index contributed by atoms with van der Waals surface area (Å²) in [7, 11) is 0. The lowest BCUT2D eigenvalue weighted by molar-refractivity contribution is -0.116. The Kier molecular flexibility index (Phi) is 6.90. The molecule has 0 saturated heterocycles. The van der Waals surface area contributed by atoms with Crippen LogP contribution in [0, 0.1) is 6.92 Å². The number of rotatable bonds is 8. The van der Waals surface area contributed by atoms with Crippen LogP contribution in [-0.4, -0.2) is 31.8 Å². The largest absolute Gasteiger partial charge is 0.352 e. The molecule has 0 unspecified atom stereocenters. The van der Waals surface area contributed by atoms with Crippen molar-refractivity contribution < 1.29 is 4.79 Å². The molecule has 0 fully saturated rings. The molecule has 1 aromatic carbocycles. The Morgan fingerprint density at radius 1 is 1.25 bits per heavy atom. The first kappa shape index (κ1) is 20.2. The number of amides is 1. The molecule has 1 amide bonds. The van der Waals surface area contributed by atoms with Gasteiger partial charge >= 0.3 is 0 Å². The number of carbonyl (C=O) groups excluding carboxylic acids is 1. The average Bonchev–Trinajstić information content (AvgIpc) is 3.28. The summed E-state index contributed by atoms with van der Waals surface area (Å²) < 4.78 is 3.68. The summed E-state index contributed by atoms with van der Waals surface area (Å²) in [5.41, 5.74) is 2.55. The van der Waals surface area contributed by atoms with Gasteiger partial charge in [-0.1, -0.05) is 35.3 Å². The molecule has 0 aliphatic carbocycles. The van der Waals surface area contributed by atoms with E-state index in [2.05, 4.69) is 15.4 Å². The molecule has 0 aliphatic rings. The zero-order chi connectivity index (χ0) is 19.9. The first-order valence-corrected chi connectivity index (χ1v) is 9.67. The van der Waals surface area contributed by atoms with Crippen molar-refractivity contribution in [2.75, 3.05) is 6.54 Å². The quantitative estimate of drug-likeness (QED) is 0.445. The van der Waals surface area contributed by atoms with Gasteiger partial charge in [-0.3, -0.25) is 4.79 Å². The Morgan fingerprint density at radius 2 is 2.04 bits per heavy atom. The third kappa shape index (κ3) is 5.47. The van der Waals surface area contributed by atoms with Crippen LogP contribution in [0.3, 0.4) is 0 Å². The van der Waals surface area contributed by atoms with E-state index in [1.807, 2.05) is 42.0 Å². The van der Waals surface area contributed by atoms with E-state index < -0.39 is 0 Å². The molecule has 3 aromatic rings. The minimum atomic E-state index is -0.161. The summed E-state index contributed by atoms with van der Waals surface area (Å²) >= 11 is 12.4. The van der Waals surface area contributed by atoms with Gasteiger partial charge < -0.3 is 9.88 Å². The van der Waals surface area contributed by atoms with Crippen molar-refractivity contribution in [1.82, 2.24) is 24.6 Å². The van der Waals surface area contributed by atoms with Gasteiger partial charge in [0.05, 0.1) is 18.6 Å². The molecule has 2 aromatic heterocycles. The highest BCUT2D eigenvalue weighted by Crippen LogP contribution is 2.22. The predicted octanol–water partition coefficient (Wildman–Crippen LogP) is 3.96. The van der Waals surface area contributed by atoms with Gasteiger partial charge in [-0.25, -0.2) is 9.67 Å². The number of nitrogens with zero attached hydrogens (tertiary/aromatic N) is 4. The van der Waals surface area contributed by atoms with Gasteiger partial charge in [0.15, 0.2) is 0 Å². The molecular weight excluding hydrogens is 397 g/mol. The van der Waals surface area contributed by atoms with Crippen LogP contribution in [0.5, 0.6) is 0 Å². The molecule has 2 heterocycles. The maximum Gasteiger partial charge on any atom is 0.244 e. The number of aromatic nitrogens is 4. The lowest BCUT2D eigenvalue weighted by Crippen LogP contribution is -2.22. The minimum Gasteiger partial charge on any atom is -0.352 e. The molecule has 0 saturated carbocycles. The van der Waals surface area contributed by atoms with Crippen molar-refractivity contribution >= 4 is 35.2 Å². The summed E-state index contributed by atoms with van der Waals surface area (Å²) in [6.07, 6.45) is 9.41. The first-order chi connectivity index (χ1) is 13.5. The summed E-state index contributed by atoms with van der Waals surface area (Å²) in [6, 6.07) is 7.53. The Labute approximate surface area is 173 Å². The first-order valence-electron chi connectivity index (χ1n) is 8.92. The van der Waals surface area contributed by atoms with E-state index in [4.69, 9.17) is 23.2 Å². The van der Waals surface area contributed by atoms with Crippen molar-refractivity contribution in [1.29, 1.82) is 0 Å². The van der Waals surface area contributed by atoms with Gasteiger partial charge in [0.2, 0.25) is 5.91 Å². The molecule has 0 spiro atoms. The van der Waals surface area contributed by atoms with E-state index in [-0.39, 0.29) is 5.91 Å². The zero-order valence-electron chi connectivity index (χ0n) is 15.5. The van der Waals surface area contributed by atoms with Crippen molar-refractivity contribution in [3.8, 4) is 0 Å². The highest BCUT2D eigenvalue weighted by atomic mass is 35.5. The molecule has 0 bridgehead atoms. The second-order valence-corrected chi connectivity index (χ2v) is 7.15. The average molecular weight is 418 g/mol. The molecule has 0 aliphatic heterocycles. The van der Waals surface area contributed by atoms with Gasteiger partial charge in [0.25, 0.3) is 0 Å². The number of aryl methyl sites for hydroxylation is 2. The third-order valence-corrected chi connectivity index (χ3v) is 4.86. The van der Waals surface area contributed by atoms with Crippen LogP contribution in [0.4, 0.5) is 0 Å². The summed E-state index contributed by atoms with van der Waals surface area (Å²) in [6.45, 7) is 3.80. The van der Waals surface area contributed by atoms with Crippen molar-refractivity contribution in [3.05, 3.63) is 76.1 Å². The lowest BCUT2D eigenvalue weighted by atomic mass is 10.2. The SMILES string of the molecule is Cc1nn(Cc2ccc(Cl)cc2)c(Cl)c1C=CC(=O)NCCCn1ccnc1. The van der Waals surface area contributed by atoms with E-state index in [0.29, 0.717) is 23.3 Å². The maximum atomic E-state index is 12.0. The van der Waals surface area contributed by atoms with Gasteiger partial charge in [-0.2, -0.15) is 5.10 Å². The van der Waals surface area contributed by atoms with E-state index in [1.54, 1.807) is 23.3 Å². The second-order valence-electron chi connectivity index (χ2n) is 6.35. The molecule has 3 rings (SSSR count). The Hall–Kier alpha value is -2.57. The summed E-state index contributed by atoms with van der Waals surface area (Å²) in [5, 5.41) is 8.52. The number of carbonyl (C=O) groups is 1. The van der Waals surface area contributed by atoms with E-state index in [1.165, 1.54) is 6.08 Å². The third-order valence-electron chi connectivity index (χ3n) is 4.21. The highest BCUT2D eigenvalue weighted by Gasteiger charge is 2.12. The highest BCUT2D eigenvalue weighted by molar-refractivity contribution is 6.31. The van der Waals surface area contributed by atoms with E-state index in [0.717, 1.165) is 29.8 Å². The molecule has 0 atom stereocenters. The normalized spacial score (nSPS) is 11.2. The second kappa shape index (κ2) is 9.57. The van der Waals surface area contributed by atoms with Crippen LogP contribution < -0.4 is 5.32 Å². The van der Waals surface area contributed by atoms with Gasteiger partial charge in [-0.05, 0) is 37.1 Å². The number of hydrogen-bond donors (Lipinski definition) is 1. The summed E-state index contributed by atoms with van der Waals surface area (Å²) in [4.78, 5) is 16.0. The zero-order valence-corrected chi connectivity index (χ0v) is 17.0. The van der Waals surface area contributed by atoms with Crippen molar-refractivity contribution in [2.24, 2.45) is 0 Å². The van der Waals surface area contributed by atoms with Crippen LogP contribution in [0.25, 0.3) is 6.08 Å². The van der Waals surface area contributed by atoms with Crippen LogP contribution in [0.15, 0.2) is 49.1 Å². The molecule has 6 nitrogen and oxygen atoms in total. The van der Waals surface area contributed by atoms with Crippen LogP contribution in [-0.2, 0) is 17.9 Å². The van der Waals surface area contributed by atoms with Gasteiger partial charge in [-0.15, -0.1) is 0 Å². The fourth-order valence-corrected chi connectivity index (χ4v) is 3.16. The maximum absolute atomic E-state index is 12.0. The van der Waals surface area contributed by atoms with Crippen LogP contribution >= 0.6 is 23.2 Å². The molecular formula is C20H21Cl2N5O. The van der Waals surface area contributed by atoms with Crippen LogP contribution in [0.2, 0.25) is 10.2 Å². The number of benzene rings is 1.